The van der Waals surface area contributed by atoms with E-state index in [4.69, 9.17) is 0 Å². The van der Waals surface area contributed by atoms with Gasteiger partial charge in [-0.25, -0.2) is 4.98 Å². The zero-order valence-electron chi connectivity index (χ0n) is 18.7. The Morgan fingerprint density at radius 2 is 1.91 bits per heavy atom. The van der Waals surface area contributed by atoms with E-state index in [-0.39, 0.29) is 29.9 Å². The number of β-amino-alcohol motifs (C(OH)–C–C–N with tert-alkyl or cyclic N) is 1. The van der Waals surface area contributed by atoms with Crippen LogP contribution in [0.4, 0.5) is 0 Å². The number of hydrogen-bond acceptors (Lipinski definition) is 6. The summed E-state index contributed by atoms with van der Waals surface area (Å²) in [4.78, 5) is 32.3. The monoisotopic (exact) mass is 456 g/mol. The van der Waals surface area contributed by atoms with Crippen molar-refractivity contribution in [1.82, 2.24) is 20.5 Å². The number of aliphatic hydroxyl groups excluding tert-OH is 1. The summed E-state index contributed by atoms with van der Waals surface area (Å²) in [5.41, 5.74) is 2.00. The van der Waals surface area contributed by atoms with Crippen LogP contribution in [0.5, 0.6) is 0 Å². The first kappa shape index (κ1) is 22.9. The number of likely N-dealkylation sites (tertiary alicyclic amines) is 1. The third-order valence-corrected chi connectivity index (χ3v) is 7.57. The Bertz CT molecular complexity index is 939. The number of likely N-dealkylation sites (N-methyl/N-ethyl adjacent to an activating group) is 1. The van der Waals surface area contributed by atoms with Crippen LogP contribution in [-0.2, 0) is 4.79 Å². The average Bonchev–Trinajstić information content (AvgIpc) is 3.41. The maximum absolute atomic E-state index is 12.6. The molecule has 1 aliphatic carbocycles. The molecule has 1 saturated heterocycles. The summed E-state index contributed by atoms with van der Waals surface area (Å²) in [5.74, 6) is -0.139. The molecule has 2 aliphatic rings. The van der Waals surface area contributed by atoms with Gasteiger partial charge >= 0.3 is 0 Å². The van der Waals surface area contributed by atoms with Crippen LogP contribution in [0.3, 0.4) is 0 Å². The molecule has 172 valence electrons. The number of thiazole rings is 1. The third-order valence-electron chi connectivity index (χ3n) is 6.52. The quantitative estimate of drug-likeness (QED) is 0.621. The molecule has 1 saturated carbocycles. The summed E-state index contributed by atoms with van der Waals surface area (Å²) in [5, 5.41) is 16.4. The van der Waals surface area contributed by atoms with Crippen LogP contribution in [0.2, 0.25) is 0 Å². The van der Waals surface area contributed by atoms with E-state index in [2.05, 4.69) is 15.6 Å². The highest BCUT2D eigenvalue weighted by atomic mass is 32.1. The number of hydrogen-bond donors (Lipinski definition) is 3. The molecule has 3 N–H and O–H groups in total. The zero-order valence-corrected chi connectivity index (χ0v) is 19.5. The van der Waals surface area contributed by atoms with E-state index in [1.54, 1.807) is 6.20 Å². The Morgan fingerprint density at radius 1 is 1.19 bits per heavy atom. The van der Waals surface area contributed by atoms with Crippen LogP contribution < -0.4 is 10.6 Å². The van der Waals surface area contributed by atoms with Crippen LogP contribution in [-0.4, -0.2) is 58.6 Å². The highest BCUT2D eigenvalue weighted by Crippen LogP contribution is 2.28. The van der Waals surface area contributed by atoms with E-state index in [0.29, 0.717) is 18.0 Å². The molecular formula is C24H32N4O3S. The maximum Gasteiger partial charge on any atom is 0.280 e. The normalized spacial score (nSPS) is 23.1. The van der Waals surface area contributed by atoms with Crippen molar-refractivity contribution in [2.75, 3.05) is 13.6 Å². The van der Waals surface area contributed by atoms with Crippen LogP contribution in [0.15, 0.2) is 30.5 Å². The second-order valence-electron chi connectivity index (χ2n) is 9.04. The van der Waals surface area contributed by atoms with Crippen molar-refractivity contribution in [3.8, 4) is 10.4 Å². The number of amides is 2. The molecule has 0 bridgehead atoms. The molecule has 8 heteroatoms. The first-order chi connectivity index (χ1) is 15.4. The number of rotatable bonds is 6. The standard InChI is InChI=1S/C24H32N4O3S/c1-15(26-22(30)20-12-19(29)14-28(20)2)16-8-10-17(11-9-16)21-13-25-24(32-21)23(31)27-18-6-4-3-5-7-18/h8-11,13,15,18-20,29H,3-7,12,14H2,1-2H3,(H,26,30)(H,27,31)/t15-,19+,20-/m0/s1. The van der Waals surface area contributed by atoms with Crippen molar-refractivity contribution in [1.29, 1.82) is 0 Å². The summed E-state index contributed by atoms with van der Waals surface area (Å²) in [6.07, 6.45) is 7.50. The molecule has 7 nitrogen and oxygen atoms in total. The molecule has 2 aromatic rings. The fraction of sp³-hybridized carbons (Fsp3) is 0.542. The van der Waals surface area contributed by atoms with Crippen molar-refractivity contribution in [2.24, 2.45) is 0 Å². The van der Waals surface area contributed by atoms with E-state index < -0.39 is 6.10 Å². The van der Waals surface area contributed by atoms with Crippen molar-refractivity contribution < 1.29 is 14.7 Å². The number of nitrogens with one attached hydrogen (secondary N) is 2. The molecule has 32 heavy (non-hydrogen) atoms. The lowest BCUT2D eigenvalue weighted by Crippen LogP contribution is -2.42. The number of nitrogens with zero attached hydrogens (tertiary/aromatic N) is 2. The second kappa shape index (κ2) is 10.1. The number of benzene rings is 1. The van der Waals surface area contributed by atoms with Crippen LogP contribution in [0.25, 0.3) is 10.4 Å². The summed E-state index contributed by atoms with van der Waals surface area (Å²) in [6.45, 7) is 2.48. The summed E-state index contributed by atoms with van der Waals surface area (Å²) in [6, 6.07) is 7.83. The lowest BCUT2D eigenvalue weighted by atomic mass is 9.95. The Balaban J connectivity index is 1.35. The van der Waals surface area contributed by atoms with Gasteiger partial charge in [-0.1, -0.05) is 43.5 Å². The summed E-state index contributed by atoms with van der Waals surface area (Å²) in [7, 11) is 1.86. The predicted molar refractivity (Wildman–Crippen MR) is 125 cm³/mol. The van der Waals surface area contributed by atoms with Gasteiger partial charge in [0.05, 0.1) is 23.1 Å². The van der Waals surface area contributed by atoms with Gasteiger partial charge in [-0.15, -0.1) is 11.3 Å². The molecular weight excluding hydrogens is 424 g/mol. The Morgan fingerprint density at radius 3 is 2.56 bits per heavy atom. The zero-order chi connectivity index (χ0) is 22.7. The topological polar surface area (TPSA) is 94.6 Å². The molecule has 3 atom stereocenters. The molecule has 0 unspecified atom stereocenters. The van der Waals surface area contributed by atoms with E-state index in [1.165, 1.54) is 30.6 Å². The smallest absolute Gasteiger partial charge is 0.280 e. The minimum Gasteiger partial charge on any atom is -0.392 e. The lowest BCUT2D eigenvalue weighted by molar-refractivity contribution is -0.125. The van der Waals surface area contributed by atoms with Gasteiger partial charge in [0, 0.05) is 18.8 Å². The average molecular weight is 457 g/mol. The summed E-state index contributed by atoms with van der Waals surface area (Å²) < 4.78 is 0. The van der Waals surface area contributed by atoms with Gasteiger partial charge in [-0.05, 0) is 44.4 Å². The van der Waals surface area contributed by atoms with E-state index in [1.807, 2.05) is 43.1 Å². The number of carbonyl (C=O) groups excluding carboxylic acids is 2. The van der Waals surface area contributed by atoms with Crippen molar-refractivity contribution >= 4 is 23.2 Å². The highest BCUT2D eigenvalue weighted by molar-refractivity contribution is 7.16. The largest absolute Gasteiger partial charge is 0.392 e. The van der Waals surface area contributed by atoms with Crippen molar-refractivity contribution in [3.63, 3.8) is 0 Å². The molecule has 0 spiro atoms. The fourth-order valence-corrected chi connectivity index (χ4v) is 5.44. The van der Waals surface area contributed by atoms with Gasteiger partial charge in [-0.2, -0.15) is 0 Å². The number of aliphatic hydroxyl groups is 1. The van der Waals surface area contributed by atoms with Crippen molar-refractivity contribution in [3.05, 3.63) is 41.0 Å². The van der Waals surface area contributed by atoms with E-state index in [0.717, 1.165) is 28.8 Å². The lowest BCUT2D eigenvalue weighted by Gasteiger charge is -2.22. The maximum atomic E-state index is 12.6. The van der Waals surface area contributed by atoms with Crippen LogP contribution >= 0.6 is 11.3 Å². The van der Waals surface area contributed by atoms with Gasteiger partial charge in [0.2, 0.25) is 5.91 Å². The van der Waals surface area contributed by atoms with E-state index >= 15 is 0 Å². The minimum absolute atomic E-state index is 0.0586. The molecule has 2 amide bonds. The molecule has 2 fully saturated rings. The predicted octanol–water partition coefficient (Wildman–Crippen LogP) is 3.11. The Labute approximate surface area is 193 Å². The van der Waals surface area contributed by atoms with Gasteiger partial charge in [-0.3, -0.25) is 14.5 Å². The molecule has 1 aliphatic heterocycles. The molecule has 4 rings (SSSR count). The third kappa shape index (κ3) is 5.36. The van der Waals surface area contributed by atoms with Gasteiger partial charge in [0.1, 0.15) is 0 Å². The van der Waals surface area contributed by atoms with Crippen molar-refractivity contribution in [2.45, 2.75) is 69.7 Å². The Kier molecular flexibility index (Phi) is 7.23. The van der Waals surface area contributed by atoms with Gasteiger partial charge in [0.25, 0.3) is 5.91 Å². The first-order valence-corrected chi connectivity index (χ1v) is 12.3. The minimum atomic E-state index is -0.445. The number of carbonyl (C=O) groups is 2. The Hall–Kier alpha value is -2.29. The number of aromatic nitrogens is 1. The van der Waals surface area contributed by atoms with E-state index in [9.17, 15) is 14.7 Å². The molecule has 1 aromatic heterocycles. The second-order valence-corrected chi connectivity index (χ2v) is 10.1. The first-order valence-electron chi connectivity index (χ1n) is 11.5. The van der Waals surface area contributed by atoms with Gasteiger partial charge < -0.3 is 15.7 Å². The molecule has 2 heterocycles. The molecule has 0 radical (unpaired) electrons. The SMILES string of the molecule is C[C@H](NC(=O)[C@@H]1C[C@@H](O)CN1C)c1ccc(-c2cnc(C(=O)NC3CCCCC3)s2)cc1. The van der Waals surface area contributed by atoms with Crippen LogP contribution in [0, 0.1) is 0 Å². The highest BCUT2D eigenvalue weighted by Gasteiger charge is 2.33. The summed E-state index contributed by atoms with van der Waals surface area (Å²) >= 11 is 1.40. The molecule has 1 aromatic carbocycles. The van der Waals surface area contributed by atoms with Crippen LogP contribution in [0.1, 0.15) is 66.9 Å². The van der Waals surface area contributed by atoms with Gasteiger partial charge in [0.15, 0.2) is 5.01 Å². The fourth-order valence-electron chi connectivity index (χ4n) is 4.61.